The van der Waals surface area contributed by atoms with Crippen LogP contribution < -0.4 is 5.32 Å². The molecule has 136 valence electrons. The van der Waals surface area contributed by atoms with E-state index in [2.05, 4.69) is 49.2 Å². The highest BCUT2D eigenvalue weighted by Crippen LogP contribution is 2.59. The Bertz CT molecular complexity index is 666. The van der Waals surface area contributed by atoms with Crippen molar-refractivity contribution in [3.05, 3.63) is 34.9 Å². The topological polar surface area (TPSA) is 41.6 Å². The van der Waals surface area contributed by atoms with Crippen molar-refractivity contribution in [3.8, 4) is 0 Å². The lowest BCUT2D eigenvalue weighted by molar-refractivity contribution is -0.147. The van der Waals surface area contributed by atoms with Gasteiger partial charge in [-0.25, -0.2) is 0 Å². The Labute approximate surface area is 150 Å². The van der Waals surface area contributed by atoms with Gasteiger partial charge in [0.05, 0.1) is 19.2 Å². The fraction of sp³-hybridized carbons (Fsp3) is 0.667. The number of benzene rings is 1. The Hall–Kier alpha value is -1.39. The van der Waals surface area contributed by atoms with E-state index >= 15 is 0 Å². The lowest BCUT2D eigenvalue weighted by atomic mass is 9.91. The predicted octanol–water partition coefficient (Wildman–Crippen LogP) is 2.98. The molecule has 1 N–H and O–H groups in total. The molecule has 2 aliphatic heterocycles. The van der Waals surface area contributed by atoms with E-state index < -0.39 is 0 Å². The Morgan fingerprint density at radius 1 is 1.28 bits per heavy atom. The first-order valence-corrected chi connectivity index (χ1v) is 9.70. The standard InChI is InChI=1S/C21H30N2O2/c1-14-4-5-15(2)17(10-14)19-12-23(16(3)13-25-19)20(24)18-11-21(18)6-8-22-9-7-21/h4-5,10,16,18-19,22H,6-9,11-13H2,1-3H3. The maximum Gasteiger partial charge on any atom is 0.226 e. The molecule has 0 bridgehead atoms. The minimum Gasteiger partial charge on any atom is -0.370 e. The van der Waals surface area contributed by atoms with Crippen LogP contribution in [0.2, 0.25) is 0 Å². The van der Waals surface area contributed by atoms with Gasteiger partial charge in [0.25, 0.3) is 0 Å². The van der Waals surface area contributed by atoms with Crippen molar-refractivity contribution < 1.29 is 9.53 Å². The SMILES string of the molecule is Cc1ccc(C)c(C2CN(C(=O)C3CC34CCNCC4)C(C)CO2)c1. The minimum absolute atomic E-state index is 0.00257. The lowest BCUT2D eigenvalue weighted by Crippen LogP contribution is -2.49. The molecule has 0 aromatic heterocycles. The fourth-order valence-corrected chi connectivity index (χ4v) is 4.73. The van der Waals surface area contributed by atoms with E-state index in [0.29, 0.717) is 24.5 Å². The molecule has 3 aliphatic rings. The molecule has 3 fully saturated rings. The number of ether oxygens (including phenoxy) is 1. The summed E-state index contributed by atoms with van der Waals surface area (Å²) in [7, 11) is 0. The zero-order valence-corrected chi connectivity index (χ0v) is 15.7. The van der Waals surface area contributed by atoms with E-state index in [9.17, 15) is 4.79 Å². The first kappa shape index (κ1) is 17.0. The molecule has 1 saturated carbocycles. The van der Waals surface area contributed by atoms with Crippen LogP contribution in [0.3, 0.4) is 0 Å². The summed E-state index contributed by atoms with van der Waals surface area (Å²) in [6.45, 7) is 9.81. The highest BCUT2D eigenvalue weighted by atomic mass is 16.5. The first-order valence-electron chi connectivity index (χ1n) is 9.70. The number of carbonyl (C=O) groups excluding carboxylic acids is 1. The average Bonchev–Trinajstić information content (AvgIpc) is 3.30. The lowest BCUT2D eigenvalue weighted by Gasteiger charge is -2.39. The van der Waals surface area contributed by atoms with Gasteiger partial charge in [-0.05, 0) is 69.7 Å². The van der Waals surface area contributed by atoms with Crippen LogP contribution in [0.5, 0.6) is 0 Å². The molecule has 4 rings (SSSR count). The highest BCUT2D eigenvalue weighted by Gasteiger charge is 2.59. The number of hydrogen-bond acceptors (Lipinski definition) is 3. The molecule has 3 atom stereocenters. The molecule has 4 nitrogen and oxygen atoms in total. The van der Waals surface area contributed by atoms with Gasteiger partial charge < -0.3 is 15.0 Å². The van der Waals surface area contributed by atoms with Gasteiger partial charge in [-0.2, -0.15) is 0 Å². The van der Waals surface area contributed by atoms with Crippen molar-refractivity contribution in [1.82, 2.24) is 10.2 Å². The smallest absolute Gasteiger partial charge is 0.226 e. The summed E-state index contributed by atoms with van der Waals surface area (Å²) >= 11 is 0. The molecular formula is C21H30N2O2. The molecule has 1 aromatic carbocycles. The second kappa shape index (κ2) is 6.40. The van der Waals surface area contributed by atoms with Gasteiger partial charge in [0, 0.05) is 5.92 Å². The van der Waals surface area contributed by atoms with Crippen molar-refractivity contribution in [1.29, 1.82) is 0 Å². The number of carbonyl (C=O) groups is 1. The monoisotopic (exact) mass is 342 g/mol. The van der Waals surface area contributed by atoms with Crippen LogP contribution in [0, 0.1) is 25.2 Å². The number of piperidine rings is 1. The van der Waals surface area contributed by atoms with E-state index in [0.717, 1.165) is 32.4 Å². The highest BCUT2D eigenvalue weighted by molar-refractivity contribution is 5.83. The van der Waals surface area contributed by atoms with Crippen LogP contribution in [-0.2, 0) is 9.53 Å². The molecule has 1 aromatic rings. The van der Waals surface area contributed by atoms with E-state index in [-0.39, 0.29) is 18.1 Å². The Balaban J connectivity index is 1.49. The first-order chi connectivity index (χ1) is 12.0. The molecular weight excluding hydrogens is 312 g/mol. The van der Waals surface area contributed by atoms with Crippen molar-refractivity contribution in [2.75, 3.05) is 26.2 Å². The normalized spacial score (nSPS) is 31.2. The van der Waals surface area contributed by atoms with E-state index in [4.69, 9.17) is 4.74 Å². The van der Waals surface area contributed by atoms with Gasteiger partial charge in [-0.1, -0.05) is 23.8 Å². The maximum absolute atomic E-state index is 13.2. The summed E-state index contributed by atoms with van der Waals surface area (Å²) in [5.41, 5.74) is 4.03. The number of amides is 1. The third-order valence-corrected chi connectivity index (χ3v) is 6.59. The number of nitrogens with zero attached hydrogens (tertiary/aromatic N) is 1. The van der Waals surface area contributed by atoms with Crippen LogP contribution in [0.4, 0.5) is 0 Å². The van der Waals surface area contributed by atoms with Crippen LogP contribution in [0.15, 0.2) is 18.2 Å². The van der Waals surface area contributed by atoms with Crippen LogP contribution in [0.1, 0.15) is 49.0 Å². The Morgan fingerprint density at radius 3 is 2.80 bits per heavy atom. The third kappa shape index (κ3) is 3.11. The van der Waals surface area contributed by atoms with Gasteiger partial charge in [0.15, 0.2) is 0 Å². The molecule has 2 saturated heterocycles. The summed E-state index contributed by atoms with van der Waals surface area (Å²) in [5.74, 6) is 0.613. The molecule has 25 heavy (non-hydrogen) atoms. The summed E-state index contributed by atoms with van der Waals surface area (Å²) in [4.78, 5) is 15.3. The number of nitrogens with one attached hydrogen (secondary N) is 1. The second-order valence-electron chi connectivity index (χ2n) is 8.39. The van der Waals surface area contributed by atoms with E-state index in [1.807, 2.05) is 0 Å². The van der Waals surface area contributed by atoms with Crippen LogP contribution in [0.25, 0.3) is 0 Å². The quantitative estimate of drug-likeness (QED) is 0.898. The molecule has 4 heteroatoms. The van der Waals surface area contributed by atoms with Crippen molar-refractivity contribution >= 4 is 5.91 Å². The number of aryl methyl sites for hydroxylation is 2. The van der Waals surface area contributed by atoms with E-state index in [1.54, 1.807) is 0 Å². The van der Waals surface area contributed by atoms with Gasteiger partial charge in [0.2, 0.25) is 5.91 Å². The number of hydrogen-bond donors (Lipinski definition) is 1. The van der Waals surface area contributed by atoms with Gasteiger partial charge in [0.1, 0.15) is 6.10 Å². The molecule has 3 unspecified atom stereocenters. The van der Waals surface area contributed by atoms with Gasteiger partial charge >= 0.3 is 0 Å². The summed E-state index contributed by atoms with van der Waals surface area (Å²) in [5, 5.41) is 3.42. The largest absolute Gasteiger partial charge is 0.370 e. The number of morpholine rings is 1. The average molecular weight is 342 g/mol. The summed E-state index contributed by atoms with van der Waals surface area (Å²) in [6.07, 6.45) is 3.40. The fourth-order valence-electron chi connectivity index (χ4n) is 4.73. The third-order valence-electron chi connectivity index (χ3n) is 6.59. The summed E-state index contributed by atoms with van der Waals surface area (Å²) < 4.78 is 6.13. The zero-order chi connectivity index (χ0) is 17.6. The summed E-state index contributed by atoms with van der Waals surface area (Å²) in [6, 6.07) is 6.68. The van der Waals surface area contributed by atoms with Crippen LogP contribution in [-0.4, -0.2) is 43.1 Å². The minimum atomic E-state index is 0.00257. The van der Waals surface area contributed by atoms with E-state index in [1.165, 1.54) is 16.7 Å². The van der Waals surface area contributed by atoms with Crippen molar-refractivity contribution in [2.24, 2.45) is 11.3 Å². The van der Waals surface area contributed by atoms with Crippen molar-refractivity contribution in [3.63, 3.8) is 0 Å². The number of rotatable bonds is 2. The molecule has 1 aliphatic carbocycles. The van der Waals surface area contributed by atoms with Crippen molar-refractivity contribution in [2.45, 2.75) is 52.2 Å². The molecule has 1 amide bonds. The Kier molecular flexibility index (Phi) is 4.37. The second-order valence-corrected chi connectivity index (χ2v) is 8.39. The van der Waals surface area contributed by atoms with Crippen LogP contribution >= 0.6 is 0 Å². The molecule has 0 radical (unpaired) electrons. The zero-order valence-electron chi connectivity index (χ0n) is 15.7. The molecule has 2 heterocycles. The van der Waals surface area contributed by atoms with Gasteiger partial charge in [-0.15, -0.1) is 0 Å². The van der Waals surface area contributed by atoms with Gasteiger partial charge in [-0.3, -0.25) is 4.79 Å². The predicted molar refractivity (Wildman–Crippen MR) is 98.4 cm³/mol. The Morgan fingerprint density at radius 2 is 2.04 bits per heavy atom. The maximum atomic E-state index is 13.2. The molecule has 1 spiro atoms.